The third kappa shape index (κ3) is 4.94. The minimum absolute atomic E-state index is 0.00158. The summed E-state index contributed by atoms with van der Waals surface area (Å²) in [5, 5.41) is 0. The van der Waals surface area contributed by atoms with Crippen LogP contribution in [0.25, 0.3) is 11.3 Å². The lowest BCUT2D eigenvalue weighted by molar-refractivity contribution is -0.249. The van der Waals surface area contributed by atoms with E-state index in [-0.39, 0.29) is 45.2 Å². The monoisotopic (exact) mass is 694 g/mol. The van der Waals surface area contributed by atoms with Crippen LogP contribution in [0.3, 0.4) is 0 Å². The van der Waals surface area contributed by atoms with Crippen molar-refractivity contribution >= 4 is 11.9 Å². The van der Waals surface area contributed by atoms with Crippen molar-refractivity contribution in [2.24, 2.45) is 56.7 Å². The molecule has 11 atom stereocenters. The molecule has 51 heavy (non-hydrogen) atoms. The van der Waals surface area contributed by atoms with Crippen LogP contribution >= 0.6 is 0 Å². The van der Waals surface area contributed by atoms with E-state index < -0.39 is 0 Å². The fourth-order valence-electron chi connectivity index (χ4n) is 14.7. The number of hydrogen-bond acceptors (Lipinski definition) is 5. The minimum atomic E-state index is -0.328. The molecule has 276 valence electrons. The lowest BCUT2D eigenvalue weighted by Crippen LogP contribution is -2.67. The first-order chi connectivity index (χ1) is 24.2. The Morgan fingerprint density at radius 3 is 2.37 bits per heavy atom. The summed E-state index contributed by atoms with van der Waals surface area (Å²) in [6, 6.07) is 4.00. The smallest absolute Gasteiger partial charge is 0.302 e. The topological polar surface area (TPSA) is 88.2 Å². The number of allylic oxidation sites excluding steroid dienone is 1. The molecule has 0 unspecified atom stereocenters. The number of carbonyl (C=O) groups is 2. The standard InChI is InChI=1S/C44H62N4O3/c1-27(2)30-13-20-44(39(50)48-25-9-10-33(48)38-46-26-32(47-38)29-16-23-45-24-17-29)22-21-42(7)31(37(30)44)11-12-35-41(6)18-15-36(51-28(3)49)40(4,5)34(41)14-19-43(35,42)8/h16-17,23-24,26,30-31,33-37H,1,9-15,18-22,25H2,2-8H3,(H,46,47)/t30-,31+,33-,34-,35+,36-,37+,41-,42+,43+,44-/m0/s1. The maximum Gasteiger partial charge on any atom is 0.302 e. The van der Waals surface area contributed by atoms with Crippen molar-refractivity contribution in [2.75, 3.05) is 6.54 Å². The summed E-state index contributed by atoms with van der Waals surface area (Å²) >= 11 is 0. The van der Waals surface area contributed by atoms with Gasteiger partial charge < -0.3 is 14.6 Å². The van der Waals surface area contributed by atoms with E-state index in [4.69, 9.17) is 9.72 Å². The number of rotatable bonds is 5. The van der Waals surface area contributed by atoms with Gasteiger partial charge in [-0.2, -0.15) is 0 Å². The van der Waals surface area contributed by atoms with Crippen molar-refractivity contribution < 1.29 is 14.3 Å². The number of hydrogen-bond donors (Lipinski definition) is 1. The van der Waals surface area contributed by atoms with E-state index in [9.17, 15) is 4.79 Å². The van der Waals surface area contributed by atoms with Gasteiger partial charge in [0.25, 0.3) is 0 Å². The Labute approximate surface area is 306 Å². The molecule has 3 heterocycles. The summed E-state index contributed by atoms with van der Waals surface area (Å²) in [5.74, 6) is 3.58. The number of esters is 1. The average Bonchev–Trinajstić information content (AvgIpc) is 3.85. The van der Waals surface area contributed by atoms with Crippen LogP contribution in [-0.2, 0) is 14.3 Å². The summed E-state index contributed by atoms with van der Waals surface area (Å²) in [7, 11) is 0. The van der Waals surface area contributed by atoms with Crippen molar-refractivity contribution in [3.63, 3.8) is 0 Å². The second kappa shape index (κ2) is 12.0. The van der Waals surface area contributed by atoms with Gasteiger partial charge in [-0.05, 0) is 142 Å². The van der Waals surface area contributed by atoms with Gasteiger partial charge in [-0.15, -0.1) is 0 Å². The highest BCUT2D eigenvalue weighted by atomic mass is 16.5. The van der Waals surface area contributed by atoms with Crippen molar-refractivity contribution in [2.45, 2.75) is 138 Å². The van der Waals surface area contributed by atoms with E-state index in [1.165, 1.54) is 31.3 Å². The van der Waals surface area contributed by atoms with Crippen LogP contribution in [0.5, 0.6) is 0 Å². The number of nitrogens with zero attached hydrogens (tertiary/aromatic N) is 3. The maximum absolute atomic E-state index is 15.4. The third-order valence-electron chi connectivity index (χ3n) is 17.2. The van der Waals surface area contributed by atoms with Crippen molar-refractivity contribution in [3.05, 3.63) is 48.7 Å². The normalized spacial score (nSPS) is 42.6. The Balaban J connectivity index is 1.11. The van der Waals surface area contributed by atoms with Crippen LogP contribution in [0, 0.1) is 56.7 Å². The van der Waals surface area contributed by atoms with Gasteiger partial charge in [-0.1, -0.05) is 46.8 Å². The molecule has 1 saturated heterocycles. The van der Waals surface area contributed by atoms with Crippen LogP contribution in [0.1, 0.15) is 137 Å². The molecule has 6 fully saturated rings. The van der Waals surface area contributed by atoms with Gasteiger partial charge in [-0.3, -0.25) is 14.6 Å². The van der Waals surface area contributed by atoms with Crippen molar-refractivity contribution in [1.29, 1.82) is 0 Å². The number of aromatic amines is 1. The minimum Gasteiger partial charge on any atom is -0.462 e. The number of aromatic nitrogens is 3. The zero-order valence-corrected chi connectivity index (χ0v) is 32.4. The number of H-pyrrole nitrogens is 1. The zero-order valence-electron chi connectivity index (χ0n) is 32.4. The predicted molar refractivity (Wildman–Crippen MR) is 200 cm³/mol. The highest BCUT2D eigenvalue weighted by molar-refractivity contribution is 5.84. The first-order valence-electron chi connectivity index (χ1n) is 20.3. The molecule has 2 aromatic heterocycles. The molecule has 5 saturated carbocycles. The number of carbonyl (C=O) groups excluding carboxylic acids is 2. The number of nitrogens with one attached hydrogen (secondary N) is 1. The Morgan fingerprint density at radius 1 is 0.882 bits per heavy atom. The molecule has 7 nitrogen and oxygen atoms in total. The van der Waals surface area contributed by atoms with Crippen molar-refractivity contribution in [1.82, 2.24) is 19.9 Å². The predicted octanol–water partition coefficient (Wildman–Crippen LogP) is 9.72. The van der Waals surface area contributed by atoms with Crippen molar-refractivity contribution in [3.8, 4) is 11.3 Å². The van der Waals surface area contributed by atoms with Crippen LogP contribution in [-0.4, -0.2) is 44.4 Å². The van der Waals surface area contributed by atoms with E-state index >= 15 is 4.79 Å². The average molecular weight is 695 g/mol. The molecular weight excluding hydrogens is 633 g/mol. The Hall–Kier alpha value is -2.96. The molecule has 2 aromatic rings. The molecule has 7 heteroatoms. The summed E-state index contributed by atoms with van der Waals surface area (Å²) < 4.78 is 5.99. The first-order valence-corrected chi connectivity index (χ1v) is 20.3. The lowest BCUT2D eigenvalue weighted by Gasteiger charge is -2.73. The molecule has 6 aliphatic rings. The molecule has 8 rings (SSSR count). The maximum atomic E-state index is 15.4. The van der Waals surface area contributed by atoms with Gasteiger partial charge in [0.15, 0.2) is 0 Å². The molecule has 1 aliphatic heterocycles. The van der Waals surface area contributed by atoms with E-state index in [2.05, 4.69) is 63.0 Å². The van der Waals surface area contributed by atoms with Crippen LogP contribution in [0.15, 0.2) is 42.9 Å². The summed E-state index contributed by atoms with van der Waals surface area (Å²) in [6.45, 7) is 21.9. The zero-order chi connectivity index (χ0) is 36.1. The fourth-order valence-corrected chi connectivity index (χ4v) is 14.7. The number of ether oxygens (including phenoxy) is 1. The number of amides is 1. The first kappa shape index (κ1) is 35.1. The Morgan fingerprint density at radius 2 is 1.65 bits per heavy atom. The van der Waals surface area contributed by atoms with E-state index in [1.807, 2.05) is 30.7 Å². The Kier molecular flexibility index (Phi) is 8.28. The molecular formula is C44H62N4O3. The van der Waals surface area contributed by atoms with Gasteiger partial charge in [0, 0.05) is 36.8 Å². The molecule has 0 radical (unpaired) electrons. The van der Waals surface area contributed by atoms with Crippen LogP contribution in [0.4, 0.5) is 0 Å². The van der Waals surface area contributed by atoms with Gasteiger partial charge >= 0.3 is 5.97 Å². The van der Waals surface area contributed by atoms with Gasteiger partial charge in [0.2, 0.25) is 5.91 Å². The molecule has 0 spiro atoms. The number of likely N-dealkylation sites (tertiary alicyclic amines) is 1. The van der Waals surface area contributed by atoms with E-state index in [0.29, 0.717) is 35.5 Å². The van der Waals surface area contributed by atoms with E-state index in [1.54, 1.807) is 6.92 Å². The van der Waals surface area contributed by atoms with Crippen LogP contribution < -0.4 is 0 Å². The number of imidazole rings is 1. The van der Waals surface area contributed by atoms with Gasteiger partial charge in [-0.25, -0.2) is 4.98 Å². The molecule has 1 amide bonds. The summed E-state index contributed by atoms with van der Waals surface area (Å²) in [6.07, 6.45) is 18.6. The highest BCUT2D eigenvalue weighted by Crippen LogP contribution is 2.78. The summed E-state index contributed by atoms with van der Waals surface area (Å²) in [5.41, 5.74) is 3.55. The largest absolute Gasteiger partial charge is 0.462 e. The quantitative estimate of drug-likeness (QED) is 0.249. The second-order valence-corrected chi connectivity index (χ2v) is 19.4. The molecule has 0 aromatic carbocycles. The SMILES string of the molecule is C=C(C)[C@@H]1CC[C@]2(C(=O)N3CCC[C@H]3c3ncc(-c4ccncc4)[nH]3)CC[C@]3(C)[C@H](CC[C@@H]4[C@@]5(C)CC[C@H](OC(C)=O)C(C)(C)[C@@H]5CC[C@]43C)[C@@H]12. The molecule has 0 bridgehead atoms. The van der Waals surface area contributed by atoms with Gasteiger partial charge in [0.05, 0.1) is 23.3 Å². The van der Waals surface area contributed by atoms with Crippen LogP contribution in [0.2, 0.25) is 0 Å². The van der Waals surface area contributed by atoms with Gasteiger partial charge in [0.1, 0.15) is 11.9 Å². The highest BCUT2D eigenvalue weighted by Gasteiger charge is 2.72. The Bertz CT molecular complexity index is 1700. The van der Waals surface area contributed by atoms with E-state index in [0.717, 1.165) is 75.0 Å². The fraction of sp³-hybridized carbons (Fsp3) is 0.727. The third-order valence-corrected chi connectivity index (χ3v) is 17.2. The number of pyridine rings is 1. The number of fused-ring (bicyclic) bond motifs is 7. The summed E-state index contributed by atoms with van der Waals surface area (Å²) in [4.78, 5) is 42.4. The lowest BCUT2D eigenvalue weighted by atomic mass is 9.32. The molecule has 5 aliphatic carbocycles. The second-order valence-electron chi connectivity index (χ2n) is 19.4. The molecule has 1 N–H and O–H groups in total.